The predicted octanol–water partition coefficient (Wildman–Crippen LogP) is 2.62. The van der Waals surface area contributed by atoms with Gasteiger partial charge in [0.15, 0.2) is 0 Å². The Kier molecular flexibility index (Phi) is 7.70. The fourth-order valence-corrected chi connectivity index (χ4v) is 1.93. The number of rotatable bonds is 9. The van der Waals surface area contributed by atoms with E-state index in [0.717, 1.165) is 15.8 Å². The molecule has 19 heavy (non-hydrogen) atoms. The Bertz CT molecular complexity index is 406. The lowest BCUT2D eigenvalue weighted by Crippen LogP contribution is -2.10. The zero-order chi connectivity index (χ0) is 14.1. The quantitative estimate of drug-likeness (QED) is 0.653. The minimum atomic E-state index is 0.145. The third-order valence-corrected chi connectivity index (χ3v) is 3.37. The SMILES string of the molecule is COCCOCCC(=O)Cc1cc(OC)ccc1Br. The summed E-state index contributed by atoms with van der Waals surface area (Å²) in [5.74, 6) is 0.897. The van der Waals surface area contributed by atoms with Crippen LogP contribution in [-0.2, 0) is 20.7 Å². The summed E-state index contributed by atoms with van der Waals surface area (Å²) in [7, 11) is 3.23. The fraction of sp³-hybridized carbons (Fsp3) is 0.500. The molecule has 0 aliphatic carbocycles. The van der Waals surface area contributed by atoms with Crippen LogP contribution in [0.3, 0.4) is 0 Å². The Hall–Kier alpha value is -0.910. The van der Waals surface area contributed by atoms with Gasteiger partial charge in [-0.05, 0) is 23.8 Å². The molecule has 0 saturated heterocycles. The van der Waals surface area contributed by atoms with Gasteiger partial charge in [0, 0.05) is 24.4 Å². The number of ketones is 1. The highest BCUT2D eigenvalue weighted by molar-refractivity contribution is 9.10. The molecule has 1 aromatic carbocycles. The number of methoxy groups -OCH3 is 2. The maximum atomic E-state index is 11.8. The van der Waals surface area contributed by atoms with Gasteiger partial charge in [0.25, 0.3) is 0 Å². The summed E-state index contributed by atoms with van der Waals surface area (Å²) in [5, 5.41) is 0. The van der Waals surface area contributed by atoms with Gasteiger partial charge in [-0.1, -0.05) is 15.9 Å². The molecule has 0 atom stereocenters. The van der Waals surface area contributed by atoms with E-state index in [1.807, 2.05) is 18.2 Å². The molecular weight excluding hydrogens is 312 g/mol. The monoisotopic (exact) mass is 330 g/mol. The lowest BCUT2D eigenvalue weighted by molar-refractivity contribution is -0.119. The molecule has 4 nitrogen and oxygen atoms in total. The highest BCUT2D eigenvalue weighted by Gasteiger charge is 2.08. The Morgan fingerprint density at radius 3 is 2.68 bits per heavy atom. The van der Waals surface area contributed by atoms with Gasteiger partial charge in [-0.25, -0.2) is 0 Å². The van der Waals surface area contributed by atoms with Crippen LogP contribution in [0.4, 0.5) is 0 Å². The number of halogens is 1. The Balaban J connectivity index is 2.39. The van der Waals surface area contributed by atoms with Crippen molar-refractivity contribution in [2.24, 2.45) is 0 Å². The normalized spacial score (nSPS) is 10.5. The largest absolute Gasteiger partial charge is 0.497 e. The lowest BCUT2D eigenvalue weighted by atomic mass is 10.1. The summed E-state index contributed by atoms with van der Waals surface area (Å²) >= 11 is 3.43. The van der Waals surface area contributed by atoms with Gasteiger partial charge in [0.05, 0.1) is 26.9 Å². The molecule has 106 valence electrons. The lowest BCUT2D eigenvalue weighted by Gasteiger charge is -2.07. The zero-order valence-electron chi connectivity index (χ0n) is 11.3. The third kappa shape index (κ3) is 6.18. The number of Topliss-reactive ketones (excluding diaryl/α,β-unsaturated/α-hetero) is 1. The van der Waals surface area contributed by atoms with Crippen molar-refractivity contribution in [2.45, 2.75) is 12.8 Å². The first kappa shape index (κ1) is 16.1. The minimum absolute atomic E-state index is 0.145. The number of benzene rings is 1. The van der Waals surface area contributed by atoms with E-state index in [0.29, 0.717) is 32.7 Å². The molecule has 0 N–H and O–H groups in total. The second-order valence-corrected chi connectivity index (χ2v) is 4.88. The molecule has 0 unspecified atom stereocenters. The van der Waals surface area contributed by atoms with Crippen LogP contribution >= 0.6 is 15.9 Å². The number of carbonyl (C=O) groups is 1. The summed E-state index contributed by atoms with van der Waals surface area (Å²) in [6, 6.07) is 5.61. The first-order chi connectivity index (χ1) is 9.17. The van der Waals surface area contributed by atoms with Crippen LogP contribution in [0.15, 0.2) is 22.7 Å². The maximum absolute atomic E-state index is 11.8. The van der Waals surface area contributed by atoms with Crippen molar-refractivity contribution in [1.82, 2.24) is 0 Å². The van der Waals surface area contributed by atoms with E-state index in [4.69, 9.17) is 14.2 Å². The Morgan fingerprint density at radius 1 is 1.21 bits per heavy atom. The van der Waals surface area contributed by atoms with Crippen LogP contribution in [0.25, 0.3) is 0 Å². The number of hydrogen-bond donors (Lipinski definition) is 0. The molecule has 0 amide bonds. The highest BCUT2D eigenvalue weighted by Crippen LogP contribution is 2.23. The minimum Gasteiger partial charge on any atom is -0.497 e. The average Bonchev–Trinajstić information content (AvgIpc) is 2.41. The van der Waals surface area contributed by atoms with E-state index in [2.05, 4.69) is 15.9 Å². The maximum Gasteiger partial charge on any atom is 0.139 e. The van der Waals surface area contributed by atoms with Crippen LogP contribution in [-0.4, -0.2) is 39.8 Å². The van der Waals surface area contributed by atoms with Crippen LogP contribution in [0.1, 0.15) is 12.0 Å². The molecule has 0 spiro atoms. The van der Waals surface area contributed by atoms with E-state index in [1.165, 1.54) is 0 Å². The van der Waals surface area contributed by atoms with Crippen molar-refractivity contribution in [3.63, 3.8) is 0 Å². The predicted molar refractivity (Wildman–Crippen MR) is 76.7 cm³/mol. The second-order valence-electron chi connectivity index (χ2n) is 4.03. The van der Waals surface area contributed by atoms with Crippen molar-refractivity contribution in [1.29, 1.82) is 0 Å². The molecule has 1 aromatic rings. The Labute approximate surface area is 122 Å². The van der Waals surface area contributed by atoms with E-state index in [1.54, 1.807) is 14.2 Å². The van der Waals surface area contributed by atoms with Crippen molar-refractivity contribution in [3.8, 4) is 5.75 Å². The zero-order valence-corrected chi connectivity index (χ0v) is 12.9. The molecule has 5 heteroatoms. The van der Waals surface area contributed by atoms with Gasteiger partial charge in [0.2, 0.25) is 0 Å². The number of carbonyl (C=O) groups excluding carboxylic acids is 1. The van der Waals surface area contributed by atoms with Gasteiger partial charge in [0.1, 0.15) is 11.5 Å². The van der Waals surface area contributed by atoms with E-state index in [9.17, 15) is 4.79 Å². The summed E-state index contributed by atoms with van der Waals surface area (Å²) in [5.41, 5.74) is 0.932. The number of hydrogen-bond acceptors (Lipinski definition) is 4. The van der Waals surface area contributed by atoms with Crippen molar-refractivity contribution in [3.05, 3.63) is 28.2 Å². The molecule has 0 radical (unpaired) electrons. The molecule has 0 aliphatic rings. The van der Waals surface area contributed by atoms with Gasteiger partial charge >= 0.3 is 0 Å². The Morgan fingerprint density at radius 2 is 2.00 bits per heavy atom. The van der Waals surface area contributed by atoms with Gasteiger partial charge in [-0.2, -0.15) is 0 Å². The van der Waals surface area contributed by atoms with Gasteiger partial charge in [-0.3, -0.25) is 4.79 Å². The molecule has 1 rings (SSSR count). The van der Waals surface area contributed by atoms with E-state index >= 15 is 0 Å². The number of ether oxygens (including phenoxy) is 3. The molecular formula is C14H19BrO4. The summed E-state index contributed by atoms with van der Waals surface area (Å²) < 4.78 is 16.2. The summed E-state index contributed by atoms with van der Waals surface area (Å²) in [6.07, 6.45) is 0.790. The molecule has 0 saturated carbocycles. The topological polar surface area (TPSA) is 44.8 Å². The van der Waals surface area contributed by atoms with Crippen molar-refractivity contribution >= 4 is 21.7 Å². The molecule has 0 bridgehead atoms. The van der Waals surface area contributed by atoms with Crippen molar-refractivity contribution in [2.75, 3.05) is 34.0 Å². The van der Waals surface area contributed by atoms with Gasteiger partial charge in [-0.15, -0.1) is 0 Å². The van der Waals surface area contributed by atoms with Crippen LogP contribution in [0.5, 0.6) is 5.75 Å². The standard InChI is InChI=1S/C14H19BrO4/c1-17-7-8-19-6-5-12(16)9-11-10-13(18-2)3-4-14(11)15/h3-4,10H,5-9H2,1-2H3. The third-order valence-electron chi connectivity index (χ3n) is 2.60. The van der Waals surface area contributed by atoms with E-state index in [-0.39, 0.29) is 5.78 Å². The van der Waals surface area contributed by atoms with Crippen molar-refractivity contribution < 1.29 is 19.0 Å². The highest BCUT2D eigenvalue weighted by atomic mass is 79.9. The first-order valence-electron chi connectivity index (χ1n) is 6.08. The molecule has 0 aromatic heterocycles. The smallest absolute Gasteiger partial charge is 0.139 e. The van der Waals surface area contributed by atoms with Crippen LogP contribution in [0, 0.1) is 0 Å². The fourth-order valence-electron chi connectivity index (χ4n) is 1.54. The van der Waals surface area contributed by atoms with Crippen LogP contribution < -0.4 is 4.74 Å². The van der Waals surface area contributed by atoms with Crippen LogP contribution in [0.2, 0.25) is 0 Å². The first-order valence-corrected chi connectivity index (χ1v) is 6.87. The average molecular weight is 331 g/mol. The molecule has 0 aliphatic heterocycles. The summed E-state index contributed by atoms with van der Waals surface area (Å²) in [4.78, 5) is 11.8. The summed E-state index contributed by atoms with van der Waals surface area (Å²) in [6.45, 7) is 1.51. The van der Waals surface area contributed by atoms with Gasteiger partial charge < -0.3 is 14.2 Å². The van der Waals surface area contributed by atoms with E-state index < -0.39 is 0 Å². The second kappa shape index (κ2) is 9.07. The molecule has 0 heterocycles. The molecule has 0 fully saturated rings.